The van der Waals surface area contributed by atoms with E-state index in [4.69, 9.17) is 4.74 Å². The lowest BCUT2D eigenvalue weighted by Gasteiger charge is -2.17. The summed E-state index contributed by atoms with van der Waals surface area (Å²) in [6.07, 6.45) is 2.47. The van der Waals surface area contributed by atoms with Crippen molar-refractivity contribution in [2.45, 2.75) is 25.5 Å². The van der Waals surface area contributed by atoms with E-state index >= 15 is 0 Å². The van der Waals surface area contributed by atoms with E-state index in [1.165, 1.54) is 0 Å². The fourth-order valence-corrected chi connectivity index (χ4v) is 3.18. The van der Waals surface area contributed by atoms with Crippen LogP contribution in [-0.4, -0.2) is 32.6 Å². The fourth-order valence-electron chi connectivity index (χ4n) is 2.88. The van der Waals surface area contributed by atoms with Gasteiger partial charge in [0.2, 0.25) is 5.95 Å². The van der Waals surface area contributed by atoms with Crippen molar-refractivity contribution >= 4 is 36.3 Å². The van der Waals surface area contributed by atoms with Gasteiger partial charge in [-0.05, 0) is 26.0 Å². The molecular formula is C18H21N3O2S2. The average Bonchev–Trinajstić information content (AvgIpc) is 3.04. The molecule has 0 aliphatic carbocycles. The average molecular weight is 376 g/mol. The predicted octanol–water partition coefficient (Wildman–Crippen LogP) is 3.11. The molecule has 2 heterocycles. The number of hydrogen-bond acceptors (Lipinski definition) is 5. The van der Waals surface area contributed by atoms with Crippen LogP contribution in [0.5, 0.6) is 5.75 Å². The van der Waals surface area contributed by atoms with Crippen molar-refractivity contribution in [3.63, 3.8) is 0 Å². The highest BCUT2D eigenvalue weighted by Crippen LogP contribution is 2.22. The van der Waals surface area contributed by atoms with E-state index in [1.807, 2.05) is 42.8 Å². The summed E-state index contributed by atoms with van der Waals surface area (Å²) in [6, 6.07) is 5.69. The first-order chi connectivity index (χ1) is 11.9. The normalized spacial score (nSPS) is 12.5. The number of pyridine rings is 1. The number of rotatable bonds is 5. The van der Waals surface area contributed by atoms with Gasteiger partial charge in [-0.1, -0.05) is 0 Å². The minimum absolute atomic E-state index is 0.0554. The number of H-pyrrole nitrogens is 1. The van der Waals surface area contributed by atoms with E-state index in [9.17, 15) is 4.79 Å². The Labute approximate surface area is 157 Å². The van der Waals surface area contributed by atoms with Crippen LogP contribution in [0, 0.1) is 13.8 Å². The lowest BCUT2D eigenvalue weighted by Crippen LogP contribution is -2.22. The molecule has 0 radical (unpaired) electrons. The molecule has 1 N–H and O–H groups in total. The standard InChI is InChI=1S/C18H21N3O2S2/c1-10-8-21(16(7-13(25)9-24)11(2)17(10)22)18-19-14-5-4-12(23-3)6-15(14)20-18/h4-6,8,13,24-25H,7,9H2,1-3H3,(H,19,20). The quantitative estimate of drug-likeness (QED) is 0.601. The Bertz CT molecular complexity index is 978. The predicted molar refractivity (Wildman–Crippen MR) is 108 cm³/mol. The van der Waals surface area contributed by atoms with Crippen LogP contribution < -0.4 is 10.2 Å². The maximum Gasteiger partial charge on any atom is 0.212 e. The largest absolute Gasteiger partial charge is 0.497 e. The summed E-state index contributed by atoms with van der Waals surface area (Å²) in [5.74, 6) is 2.06. The minimum atomic E-state index is 0.0554. The number of nitrogens with zero attached hydrogens (tertiary/aromatic N) is 2. The van der Waals surface area contributed by atoms with Crippen LogP contribution in [-0.2, 0) is 6.42 Å². The van der Waals surface area contributed by atoms with E-state index < -0.39 is 0 Å². The molecule has 1 unspecified atom stereocenters. The van der Waals surface area contributed by atoms with Crippen LogP contribution in [0.25, 0.3) is 17.0 Å². The second-order valence-corrected chi connectivity index (χ2v) is 7.16. The van der Waals surface area contributed by atoms with Gasteiger partial charge in [0.25, 0.3) is 0 Å². The first kappa shape index (κ1) is 17.9. The van der Waals surface area contributed by atoms with Gasteiger partial charge in [0, 0.05) is 46.5 Å². The van der Waals surface area contributed by atoms with Crippen LogP contribution in [0.15, 0.2) is 29.2 Å². The Balaban J connectivity index is 2.20. The van der Waals surface area contributed by atoms with Crippen molar-refractivity contribution in [2.75, 3.05) is 12.9 Å². The summed E-state index contributed by atoms with van der Waals surface area (Å²) < 4.78 is 7.22. The number of aryl methyl sites for hydroxylation is 1. The van der Waals surface area contributed by atoms with Crippen molar-refractivity contribution in [1.29, 1.82) is 0 Å². The number of thiol groups is 2. The Morgan fingerprint density at radius 3 is 2.80 bits per heavy atom. The lowest BCUT2D eigenvalue weighted by molar-refractivity contribution is 0.415. The summed E-state index contributed by atoms with van der Waals surface area (Å²) in [6.45, 7) is 3.67. The third kappa shape index (κ3) is 3.43. The summed E-state index contributed by atoms with van der Waals surface area (Å²) >= 11 is 8.85. The van der Waals surface area contributed by atoms with Crippen LogP contribution in [0.3, 0.4) is 0 Å². The van der Waals surface area contributed by atoms with Crippen LogP contribution in [0.4, 0.5) is 0 Å². The molecule has 25 heavy (non-hydrogen) atoms. The summed E-state index contributed by atoms with van der Waals surface area (Å²) in [7, 11) is 1.63. The molecule has 3 rings (SSSR count). The summed E-state index contributed by atoms with van der Waals surface area (Å²) in [5, 5.41) is 0.0554. The van der Waals surface area contributed by atoms with Crippen molar-refractivity contribution in [3.8, 4) is 11.7 Å². The number of benzene rings is 1. The molecule has 0 saturated heterocycles. The van der Waals surface area contributed by atoms with Crippen LogP contribution >= 0.6 is 25.3 Å². The van der Waals surface area contributed by atoms with Crippen molar-refractivity contribution in [1.82, 2.24) is 14.5 Å². The summed E-state index contributed by atoms with van der Waals surface area (Å²) in [4.78, 5) is 20.4. The number of methoxy groups -OCH3 is 1. The number of aromatic nitrogens is 3. The van der Waals surface area contributed by atoms with E-state index in [2.05, 4.69) is 35.2 Å². The van der Waals surface area contributed by atoms with Crippen molar-refractivity contribution < 1.29 is 4.74 Å². The highest BCUT2D eigenvalue weighted by atomic mass is 32.1. The summed E-state index contributed by atoms with van der Waals surface area (Å²) in [5.41, 5.74) is 4.08. The highest BCUT2D eigenvalue weighted by Gasteiger charge is 2.16. The van der Waals surface area contributed by atoms with Gasteiger partial charge < -0.3 is 9.72 Å². The number of ether oxygens (including phenoxy) is 1. The third-order valence-electron chi connectivity index (χ3n) is 4.29. The second kappa shape index (κ2) is 7.17. The topological polar surface area (TPSA) is 59.9 Å². The van der Waals surface area contributed by atoms with Crippen LogP contribution in [0.2, 0.25) is 0 Å². The fraction of sp³-hybridized carbons (Fsp3) is 0.333. The molecule has 0 bridgehead atoms. The van der Waals surface area contributed by atoms with Crippen LogP contribution in [0.1, 0.15) is 16.8 Å². The van der Waals surface area contributed by atoms with Gasteiger partial charge in [0.1, 0.15) is 5.75 Å². The number of nitrogens with one attached hydrogen (secondary N) is 1. The Hall–Kier alpha value is -1.86. The van der Waals surface area contributed by atoms with Crippen molar-refractivity contribution in [2.24, 2.45) is 0 Å². The van der Waals surface area contributed by atoms with Gasteiger partial charge in [0.05, 0.1) is 18.1 Å². The van der Waals surface area contributed by atoms with Gasteiger partial charge in [-0.2, -0.15) is 25.3 Å². The number of aromatic amines is 1. The lowest BCUT2D eigenvalue weighted by atomic mass is 10.1. The molecule has 3 aromatic rings. The van der Waals surface area contributed by atoms with Gasteiger partial charge in [-0.3, -0.25) is 9.36 Å². The maximum atomic E-state index is 12.4. The monoisotopic (exact) mass is 375 g/mol. The maximum absolute atomic E-state index is 12.4. The molecule has 132 valence electrons. The molecule has 0 spiro atoms. The zero-order chi connectivity index (χ0) is 18.1. The number of fused-ring (bicyclic) bond motifs is 1. The molecule has 0 fully saturated rings. The molecule has 2 aromatic heterocycles. The third-order valence-corrected chi connectivity index (χ3v) is 5.38. The van der Waals surface area contributed by atoms with Gasteiger partial charge >= 0.3 is 0 Å². The highest BCUT2D eigenvalue weighted by molar-refractivity contribution is 7.84. The smallest absolute Gasteiger partial charge is 0.212 e. The SMILES string of the molecule is COc1ccc2nc(-n3cc(C)c(=O)c(C)c3CC(S)CS)[nH]c2c1. The first-order valence-corrected chi connectivity index (χ1v) is 9.14. The van der Waals surface area contributed by atoms with E-state index in [-0.39, 0.29) is 10.7 Å². The van der Waals surface area contributed by atoms with E-state index in [0.29, 0.717) is 23.7 Å². The van der Waals surface area contributed by atoms with Crippen molar-refractivity contribution in [3.05, 3.63) is 51.4 Å². The van der Waals surface area contributed by atoms with Gasteiger partial charge in [0.15, 0.2) is 5.43 Å². The zero-order valence-electron chi connectivity index (χ0n) is 14.4. The molecule has 0 amide bonds. The Morgan fingerprint density at radius 1 is 1.36 bits per heavy atom. The molecule has 5 nitrogen and oxygen atoms in total. The molecular weight excluding hydrogens is 354 g/mol. The molecule has 0 aliphatic heterocycles. The van der Waals surface area contributed by atoms with Gasteiger partial charge in [-0.15, -0.1) is 0 Å². The Morgan fingerprint density at radius 2 is 2.12 bits per heavy atom. The Kier molecular flexibility index (Phi) is 5.15. The zero-order valence-corrected chi connectivity index (χ0v) is 16.2. The van der Waals surface area contributed by atoms with E-state index in [0.717, 1.165) is 28.0 Å². The molecule has 1 atom stereocenters. The molecule has 1 aromatic carbocycles. The number of hydrogen-bond donors (Lipinski definition) is 3. The second-order valence-electron chi connectivity index (χ2n) is 6.07. The molecule has 0 saturated carbocycles. The number of imidazole rings is 1. The molecule has 7 heteroatoms. The molecule has 0 aliphatic rings. The van der Waals surface area contributed by atoms with Gasteiger partial charge in [-0.25, -0.2) is 4.98 Å². The first-order valence-electron chi connectivity index (χ1n) is 7.99. The van der Waals surface area contributed by atoms with E-state index in [1.54, 1.807) is 7.11 Å². The minimum Gasteiger partial charge on any atom is -0.497 e.